The number of allylic oxidation sites excluding steroid dienone is 3. The van der Waals surface area contributed by atoms with E-state index in [9.17, 15) is 8.78 Å². The molecule has 198 valence electrons. The van der Waals surface area contributed by atoms with Crippen molar-refractivity contribution in [3.63, 3.8) is 0 Å². The Hall–Kier alpha value is -2.44. The first-order valence-electron chi connectivity index (χ1n) is 13.2. The summed E-state index contributed by atoms with van der Waals surface area (Å²) in [6, 6.07) is 8.87. The normalized spacial score (nSPS) is 20.7. The van der Waals surface area contributed by atoms with E-state index in [-0.39, 0.29) is 12.6 Å². The summed E-state index contributed by atoms with van der Waals surface area (Å²) in [7, 11) is 0. The van der Waals surface area contributed by atoms with Crippen LogP contribution in [0.3, 0.4) is 0 Å². The highest BCUT2D eigenvalue weighted by Gasteiger charge is 2.30. The van der Waals surface area contributed by atoms with Gasteiger partial charge in [0.15, 0.2) is 0 Å². The molecule has 0 aromatic heterocycles. The number of hydrogen-bond acceptors (Lipinski definition) is 4. The zero-order valence-corrected chi connectivity index (χ0v) is 22.5. The lowest BCUT2D eigenvalue weighted by Crippen LogP contribution is -2.37. The van der Waals surface area contributed by atoms with Gasteiger partial charge in [-0.25, -0.2) is 8.78 Å². The molecule has 2 aliphatic heterocycles. The molecule has 2 atom stereocenters. The molecule has 6 heteroatoms. The van der Waals surface area contributed by atoms with E-state index in [0.717, 1.165) is 68.5 Å². The number of rotatable bonds is 12. The minimum atomic E-state index is -2.67. The Balaban J connectivity index is 1.50. The minimum absolute atomic E-state index is 0.124. The summed E-state index contributed by atoms with van der Waals surface area (Å²) >= 11 is 0. The standard InChI is InChI=1S/C30H44F2N4/c1-7-23(3)29(16-24(4)34-28-13-15-36(20-28)21-30(6,31)32)25(5)33-17-22(2)18-35-14-12-26-10-8-9-11-27(26)19-35/h7-11,16,22,28,33-34H,4-5,12-15,17-21H2,1-3,6H3/b23-7-,29-16+. The van der Waals surface area contributed by atoms with Crippen LogP contribution in [0, 0.1) is 5.92 Å². The molecule has 0 saturated carbocycles. The van der Waals surface area contributed by atoms with Crippen LogP contribution >= 0.6 is 0 Å². The number of benzene rings is 1. The van der Waals surface area contributed by atoms with Crippen molar-refractivity contribution >= 4 is 0 Å². The van der Waals surface area contributed by atoms with Gasteiger partial charge in [0.25, 0.3) is 5.92 Å². The van der Waals surface area contributed by atoms with Crippen LogP contribution in [-0.2, 0) is 13.0 Å². The quantitative estimate of drug-likeness (QED) is 0.372. The molecule has 0 bridgehead atoms. The fourth-order valence-corrected chi connectivity index (χ4v) is 5.17. The fourth-order valence-electron chi connectivity index (χ4n) is 5.17. The molecule has 2 heterocycles. The first-order valence-corrected chi connectivity index (χ1v) is 13.2. The number of nitrogens with one attached hydrogen (secondary N) is 2. The van der Waals surface area contributed by atoms with Crippen molar-refractivity contribution in [1.82, 2.24) is 20.4 Å². The highest BCUT2D eigenvalue weighted by molar-refractivity contribution is 5.46. The zero-order chi connectivity index (χ0) is 26.3. The van der Waals surface area contributed by atoms with Crippen LogP contribution in [0.5, 0.6) is 0 Å². The summed E-state index contributed by atoms with van der Waals surface area (Å²) in [5, 5.41) is 6.97. The summed E-state index contributed by atoms with van der Waals surface area (Å²) in [6.45, 7) is 20.9. The van der Waals surface area contributed by atoms with E-state index in [2.05, 4.69) is 72.9 Å². The molecule has 36 heavy (non-hydrogen) atoms. The third-order valence-electron chi connectivity index (χ3n) is 7.11. The van der Waals surface area contributed by atoms with Crippen molar-refractivity contribution in [2.75, 3.05) is 39.3 Å². The van der Waals surface area contributed by atoms with Gasteiger partial charge in [-0.3, -0.25) is 9.80 Å². The van der Waals surface area contributed by atoms with Crippen LogP contribution in [0.25, 0.3) is 0 Å². The molecule has 3 rings (SSSR count). The molecule has 1 aromatic carbocycles. The second-order valence-corrected chi connectivity index (χ2v) is 10.7. The van der Waals surface area contributed by atoms with Gasteiger partial charge >= 0.3 is 0 Å². The molecule has 2 aliphatic rings. The lowest BCUT2D eigenvalue weighted by atomic mass is 9.99. The van der Waals surface area contributed by atoms with Gasteiger partial charge in [0.05, 0.1) is 6.54 Å². The summed E-state index contributed by atoms with van der Waals surface area (Å²) in [5.74, 6) is -2.19. The van der Waals surface area contributed by atoms with E-state index in [0.29, 0.717) is 19.0 Å². The van der Waals surface area contributed by atoms with Gasteiger partial charge in [-0.2, -0.15) is 0 Å². The Bertz CT molecular complexity index is 975. The monoisotopic (exact) mass is 498 g/mol. The molecule has 0 spiro atoms. The average molecular weight is 499 g/mol. The van der Waals surface area contributed by atoms with Gasteiger partial charge in [-0.1, -0.05) is 50.4 Å². The van der Waals surface area contributed by atoms with Crippen LogP contribution in [0.1, 0.15) is 45.2 Å². The molecule has 1 aromatic rings. The maximum atomic E-state index is 13.4. The van der Waals surface area contributed by atoms with Gasteiger partial charge in [0, 0.05) is 69.2 Å². The lowest BCUT2D eigenvalue weighted by Gasteiger charge is -2.31. The molecule has 0 radical (unpaired) electrons. The first-order chi connectivity index (χ1) is 17.0. The lowest BCUT2D eigenvalue weighted by molar-refractivity contribution is -0.00893. The second-order valence-electron chi connectivity index (χ2n) is 10.7. The molecule has 4 nitrogen and oxygen atoms in total. The summed E-state index contributed by atoms with van der Waals surface area (Å²) in [4.78, 5) is 4.35. The number of halogens is 2. The average Bonchev–Trinajstić information content (AvgIpc) is 3.25. The Morgan fingerprint density at radius 1 is 1.19 bits per heavy atom. The summed E-state index contributed by atoms with van der Waals surface area (Å²) < 4.78 is 26.7. The summed E-state index contributed by atoms with van der Waals surface area (Å²) in [6.07, 6.45) is 6.04. The zero-order valence-electron chi connectivity index (χ0n) is 22.5. The molecule has 0 amide bonds. The van der Waals surface area contributed by atoms with Crippen molar-refractivity contribution in [2.45, 2.75) is 59.0 Å². The van der Waals surface area contributed by atoms with Crippen molar-refractivity contribution in [1.29, 1.82) is 0 Å². The predicted octanol–water partition coefficient (Wildman–Crippen LogP) is 5.51. The van der Waals surface area contributed by atoms with Crippen molar-refractivity contribution in [3.8, 4) is 0 Å². The van der Waals surface area contributed by atoms with Crippen LogP contribution in [0.15, 0.2) is 72.1 Å². The Morgan fingerprint density at radius 3 is 2.61 bits per heavy atom. The van der Waals surface area contributed by atoms with E-state index >= 15 is 0 Å². The Morgan fingerprint density at radius 2 is 1.92 bits per heavy atom. The van der Waals surface area contributed by atoms with Crippen LogP contribution in [0.2, 0.25) is 0 Å². The van der Waals surface area contributed by atoms with Gasteiger partial charge in [-0.15, -0.1) is 0 Å². The fraction of sp³-hybridized carbons (Fsp3) is 0.533. The molecule has 1 fully saturated rings. The van der Waals surface area contributed by atoms with Gasteiger partial charge in [0.2, 0.25) is 0 Å². The van der Waals surface area contributed by atoms with Gasteiger partial charge in [0.1, 0.15) is 0 Å². The Kier molecular flexibility index (Phi) is 9.92. The topological polar surface area (TPSA) is 30.5 Å². The minimum Gasteiger partial charge on any atom is -0.385 e. The van der Waals surface area contributed by atoms with E-state index in [4.69, 9.17) is 0 Å². The third kappa shape index (κ3) is 8.59. The number of alkyl halides is 2. The number of likely N-dealkylation sites (tertiary alicyclic amines) is 1. The van der Waals surface area contributed by atoms with Crippen molar-refractivity contribution < 1.29 is 8.78 Å². The third-order valence-corrected chi connectivity index (χ3v) is 7.11. The van der Waals surface area contributed by atoms with Crippen molar-refractivity contribution in [2.24, 2.45) is 5.92 Å². The maximum Gasteiger partial charge on any atom is 0.257 e. The molecular formula is C30H44F2N4. The van der Waals surface area contributed by atoms with Crippen molar-refractivity contribution in [3.05, 3.63) is 83.2 Å². The van der Waals surface area contributed by atoms with E-state index in [1.807, 2.05) is 17.9 Å². The first kappa shape index (κ1) is 28.1. The largest absolute Gasteiger partial charge is 0.385 e. The van der Waals surface area contributed by atoms with Crippen LogP contribution in [0.4, 0.5) is 8.78 Å². The number of hydrogen-bond donors (Lipinski definition) is 2. The van der Waals surface area contributed by atoms with E-state index < -0.39 is 5.92 Å². The smallest absolute Gasteiger partial charge is 0.257 e. The van der Waals surface area contributed by atoms with Crippen LogP contribution < -0.4 is 10.6 Å². The van der Waals surface area contributed by atoms with Crippen LogP contribution in [-0.4, -0.2) is 61.0 Å². The summed E-state index contributed by atoms with van der Waals surface area (Å²) in [5.41, 5.74) is 6.72. The highest BCUT2D eigenvalue weighted by Crippen LogP contribution is 2.22. The van der Waals surface area contributed by atoms with E-state index in [1.165, 1.54) is 11.1 Å². The Labute approximate surface area is 216 Å². The van der Waals surface area contributed by atoms with Gasteiger partial charge < -0.3 is 10.6 Å². The molecule has 0 aliphatic carbocycles. The molecular weight excluding hydrogens is 454 g/mol. The number of fused-ring (bicyclic) bond motifs is 1. The molecule has 1 saturated heterocycles. The SMILES string of the molecule is C=C(/C=C(C(=C)NCC(C)CN1CCc2ccccc2C1)\C(C)=C/C)NC1CCN(CC(C)(F)F)C1. The predicted molar refractivity (Wildman–Crippen MR) is 147 cm³/mol. The molecule has 2 unspecified atom stereocenters. The van der Waals surface area contributed by atoms with E-state index in [1.54, 1.807) is 0 Å². The second kappa shape index (κ2) is 12.7. The maximum absolute atomic E-state index is 13.4. The molecule has 2 N–H and O–H groups in total. The highest BCUT2D eigenvalue weighted by atomic mass is 19.3. The number of nitrogens with zero attached hydrogens (tertiary/aromatic N) is 2. The van der Waals surface area contributed by atoms with Gasteiger partial charge in [-0.05, 0) is 55.4 Å².